The van der Waals surface area contributed by atoms with Crippen LogP contribution in [0.5, 0.6) is 0 Å². The van der Waals surface area contributed by atoms with Crippen LogP contribution < -0.4 is 5.32 Å². The Morgan fingerprint density at radius 2 is 1.84 bits per heavy atom. The number of nitrogens with zero attached hydrogens (tertiary/aromatic N) is 6. The molecule has 0 fully saturated rings. The van der Waals surface area contributed by atoms with E-state index < -0.39 is 23.5 Å². The number of nitrogens with one attached hydrogen (secondary N) is 1. The molecule has 0 saturated carbocycles. The van der Waals surface area contributed by atoms with Gasteiger partial charge in [0.25, 0.3) is 5.91 Å². The van der Waals surface area contributed by atoms with Crippen molar-refractivity contribution in [3.8, 4) is 11.3 Å². The molecule has 0 radical (unpaired) electrons. The molecule has 5 rings (SSSR count). The molecule has 5 aromatic rings. The smallest absolute Gasteiger partial charge is 0.361 e. The summed E-state index contributed by atoms with van der Waals surface area (Å²) in [4.78, 5) is 22.3. The highest BCUT2D eigenvalue weighted by Gasteiger charge is 2.39. The summed E-state index contributed by atoms with van der Waals surface area (Å²) in [6.07, 6.45) is -4.34. The number of pyridine rings is 1. The van der Waals surface area contributed by atoms with Gasteiger partial charge in [-0.3, -0.25) is 9.48 Å². The molecule has 0 atom stereocenters. The fourth-order valence-corrected chi connectivity index (χ4v) is 4.20. The summed E-state index contributed by atoms with van der Waals surface area (Å²) in [6, 6.07) is 8.38. The molecule has 13 heteroatoms. The molecular formula is C25H22F3N7O3. The van der Waals surface area contributed by atoms with Gasteiger partial charge in [0.2, 0.25) is 5.89 Å². The number of hydrogen-bond acceptors (Lipinski definition) is 8. The molecule has 0 aliphatic carbocycles. The first-order valence-electron chi connectivity index (χ1n) is 11.7. The van der Waals surface area contributed by atoms with E-state index >= 15 is 0 Å². The average Bonchev–Trinajstić information content (AvgIpc) is 3.56. The summed E-state index contributed by atoms with van der Waals surface area (Å²) in [5.41, 5.74) is 0.611. The van der Waals surface area contributed by atoms with E-state index in [-0.39, 0.29) is 23.6 Å². The Bertz CT molecular complexity index is 1650. The quantitative estimate of drug-likeness (QED) is 0.318. The van der Waals surface area contributed by atoms with Gasteiger partial charge in [-0.2, -0.15) is 23.3 Å². The lowest BCUT2D eigenvalue weighted by Gasteiger charge is -2.12. The maximum Gasteiger partial charge on any atom is 0.437 e. The minimum atomic E-state index is -4.83. The van der Waals surface area contributed by atoms with Gasteiger partial charge in [0.05, 0.1) is 39.4 Å². The van der Waals surface area contributed by atoms with Crippen LogP contribution >= 0.6 is 0 Å². The van der Waals surface area contributed by atoms with Crippen molar-refractivity contribution in [1.82, 2.24) is 30.1 Å². The van der Waals surface area contributed by atoms with E-state index in [2.05, 4.69) is 30.7 Å². The van der Waals surface area contributed by atoms with Gasteiger partial charge in [-0.05, 0) is 32.9 Å². The molecule has 1 N–H and O–H groups in total. The number of anilines is 1. The minimum Gasteiger partial charge on any atom is -0.361 e. The molecule has 0 aliphatic rings. The Balaban J connectivity index is 1.58. The minimum absolute atomic E-state index is 0.0813. The van der Waals surface area contributed by atoms with E-state index in [4.69, 9.17) is 9.05 Å². The van der Waals surface area contributed by atoms with Crippen LogP contribution in [0.4, 0.5) is 18.9 Å². The summed E-state index contributed by atoms with van der Waals surface area (Å²) in [5, 5.41) is 14.4. The topological polar surface area (TPSA) is 125 Å². The number of aromatic nitrogens is 6. The Kier molecular flexibility index (Phi) is 6.21. The summed E-state index contributed by atoms with van der Waals surface area (Å²) >= 11 is 0. The van der Waals surface area contributed by atoms with Gasteiger partial charge in [-0.25, -0.2) is 4.98 Å². The van der Waals surface area contributed by atoms with Gasteiger partial charge in [0.1, 0.15) is 12.3 Å². The predicted octanol–water partition coefficient (Wildman–Crippen LogP) is 5.28. The van der Waals surface area contributed by atoms with Crippen molar-refractivity contribution >= 4 is 22.5 Å². The van der Waals surface area contributed by atoms with Gasteiger partial charge in [0, 0.05) is 11.8 Å². The number of carbonyl (C=O) groups excluding carboxylic acids is 1. The zero-order valence-electron chi connectivity index (χ0n) is 20.8. The van der Waals surface area contributed by atoms with Crippen LogP contribution in [0, 0.1) is 20.8 Å². The number of amides is 1. The van der Waals surface area contributed by atoms with Crippen LogP contribution in [0.15, 0.2) is 39.4 Å². The van der Waals surface area contributed by atoms with Crippen LogP contribution in [0.25, 0.3) is 22.2 Å². The zero-order valence-corrected chi connectivity index (χ0v) is 20.8. The molecule has 38 heavy (non-hydrogen) atoms. The summed E-state index contributed by atoms with van der Waals surface area (Å²) in [6.45, 7) is 6.53. The lowest BCUT2D eigenvalue weighted by molar-refractivity contribution is -0.140. The number of alkyl halides is 3. The number of halogens is 3. The highest BCUT2D eigenvalue weighted by Crippen LogP contribution is 2.37. The molecular weight excluding hydrogens is 503 g/mol. The molecule has 4 heterocycles. The van der Waals surface area contributed by atoms with E-state index in [0.29, 0.717) is 45.9 Å². The number of carbonyl (C=O) groups is 1. The first-order chi connectivity index (χ1) is 18.1. The lowest BCUT2D eigenvalue weighted by Crippen LogP contribution is -2.17. The van der Waals surface area contributed by atoms with E-state index in [9.17, 15) is 18.0 Å². The van der Waals surface area contributed by atoms with Crippen LogP contribution in [0.1, 0.15) is 51.8 Å². The van der Waals surface area contributed by atoms with Crippen molar-refractivity contribution in [2.45, 2.75) is 46.8 Å². The molecule has 0 saturated heterocycles. The number of hydrogen-bond donors (Lipinski definition) is 1. The van der Waals surface area contributed by atoms with Crippen LogP contribution in [0.3, 0.4) is 0 Å². The van der Waals surface area contributed by atoms with Crippen molar-refractivity contribution in [1.29, 1.82) is 0 Å². The van der Waals surface area contributed by atoms with Crippen LogP contribution in [-0.4, -0.2) is 36.0 Å². The standard InChI is InChI=1S/C25H22F3N7O3/c1-5-20-30-19(34-38-20)11-35-13(3)22(23(32-35)25(26,27)28)31-24(36)16-10-18(21-12(2)33-37-14(21)4)29-17-9-7-6-8-15(16)17/h6-10H,5,11H2,1-4H3,(H,31,36). The fraction of sp³-hybridized carbons (Fsp3) is 0.280. The molecule has 1 amide bonds. The normalized spacial score (nSPS) is 11.9. The largest absolute Gasteiger partial charge is 0.437 e. The first-order valence-corrected chi connectivity index (χ1v) is 11.7. The van der Waals surface area contributed by atoms with Gasteiger partial charge >= 0.3 is 6.18 Å². The molecule has 196 valence electrons. The first kappa shape index (κ1) is 25.1. The second-order valence-electron chi connectivity index (χ2n) is 8.65. The van der Waals surface area contributed by atoms with Crippen molar-refractivity contribution < 1.29 is 27.0 Å². The monoisotopic (exact) mass is 525 g/mol. The predicted molar refractivity (Wildman–Crippen MR) is 129 cm³/mol. The molecule has 1 aromatic carbocycles. The fourth-order valence-electron chi connectivity index (χ4n) is 4.20. The number of rotatable bonds is 6. The Morgan fingerprint density at radius 1 is 1.08 bits per heavy atom. The van der Waals surface area contributed by atoms with Crippen molar-refractivity contribution in [3.63, 3.8) is 0 Å². The summed E-state index contributed by atoms with van der Waals surface area (Å²) in [5.74, 6) is 0.273. The molecule has 10 nitrogen and oxygen atoms in total. The van der Waals surface area contributed by atoms with Crippen LogP contribution in [-0.2, 0) is 19.1 Å². The van der Waals surface area contributed by atoms with E-state index in [1.54, 1.807) is 38.1 Å². The van der Waals surface area contributed by atoms with Crippen molar-refractivity contribution in [2.24, 2.45) is 0 Å². The average molecular weight is 525 g/mol. The number of benzene rings is 1. The molecule has 4 aromatic heterocycles. The highest BCUT2D eigenvalue weighted by atomic mass is 19.4. The van der Waals surface area contributed by atoms with Gasteiger partial charge in [-0.15, -0.1) is 0 Å². The third-order valence-corrected chi connectivity index (χ3v) is 6.07. The van der Waals surface area contributed by atoms with E-state index in [0.717, 1.165) is 4.68 Å². The van der Waals surface area contributed by atoms with Crippen molar-refractivity contribution in [2.75, 3.05) is 5.32 Å². The maximum atomic E-state index is 14.0. The Hall–Kier alpha value is -4.55. The third kappa shape index (κ3) is 4.51. The maximum absolute atomic E-state index is 14.0. The Morgan fingerprint density at radius 3 is 2.50 bits per heavy atom. The van der Waals surface area contributed by atoms with Gasteiger partial charge in [-0.1, -0.05) is 35.4 Å². The van der Waals surface area contributed by atoms with Gasteiger partial charge < -0.3 is 14.4 Å². The third-order valence-electron chi connectivity index (χ3n) is 6.07. The SMILES string of the molecule is CCc1nc(Cn2nc(C(F)(F)F)c(NC(=O)c3cc(-c4c(C)noc4C)nc4ccccc34)c2C)no1. The van der Waals surface area contributed by atoms with E-state index in [1.807, 2.05) is 6.92 Å². The van der Waals surface area contributed by atoms with E-state index in [1.165, 1.54) is 13.0 Å². The molecule has 0 unspecified atom stereocenters. The Labute approximate surface area is 213 Å². The summed E-state index contributed by atoms with van der Waals surface area (Å²) < 4.78 is 53.3. The van der Waals surface area contributed by atoms with Crippen LogP contribution in [0.2, 0.25) is 0 Å². The number of aryl methyl sites for hydroxylation is 3. The van der Waals surface area contributed by atoms with Crippen molar-refractivity contribution in [3.05, 3.63) is 70.5 Å². The van der Waals surface area contributed by atoms with Gasteiger partial charge in [0.15, 0.2) is 11.5 Å². The lowest BCUT2D eigenvalue weighted by atomic mass is 10.0. The highest BCUT2D eigenvalue weighted by molar-refractivity contribution is 6.13. The molecule has 0 bridgehead atoms. The second kappa shape index (κ2) is 9.39. The number of fused-ring (bicyclic) bond motifs is 1. The number of para-hydroxylation sites is 1. The zero-order chi connectivity index (χ0) is 27.2. The molecule has 0 spiro atoms. The second-order valence-corrected chi connectivity index (χ2v) is 8.65. The molecule has 0 aliphatic heterocycles. The summed E-state index contributed by atoms with van der Waals surface area (Å²) in [7, 11) is 0.